The Balaban J connectivity index is 2.03. The average Bonchev–Trinajstić information content (AvgIpc) is 3.16. The van der Waals surface area contributed by atoms with E-state index < -0.39 is 0 Å². The van der Waals surface area contributed by atoms with Crippen LogP contribution in [0.25, 0.3) is 11.5 Å². The van der Waals surface area contributed by atoms with Crippen LogP contribution in [-0.2, 0) is 18.3 Å². The molecule has 0 aliphatic carbocycles. The number of rotatable bonds is 3. The van der Waals surface area contributed by atoms with Gasteiger partial charge in [0.2, 0.25) is 0 Å². The van der Waals surface area contributed by atoms with Gasteiger partial charge in [0, 0.05) is 32.3 Å². The Morgan fingerprint density at radius 3 is 3.00 bits per heavy atom. The lowest BCUT2D eigenvalue weighted by molar-refractivity contribution is 0.193. The van der Waals surface area contributed by atoms with E-state index in [0.717, 1.165) is 36.9 Å². The molecule has 1 aliphatic heterocycles. The molecule has 0 amide bonds. The van der Waals surface area contributed by atoms with Crippen molar-refractivity contribution >= 4 is 0 Å². The highest BCUT2D eigenvalue weighted by Gasteiger charge is 2.24. The molecule has 3 heterocycles. The van der Waals surface area contributed by atoms with E-state index in [-0.39, 0.29) is 5.92 Å². The van der Waals surface area contributed by atoms with Crippen LogP contribution < -0.4 is 0 Å². The molecule has 104 valence electrons. The number of aromatic nitrogens is 4. The van der Waals surface area contributed by atoms with E-state index in [4.69, 9.17) is 10.00 Å². The van der Waals surface area contributed by atoms with Crippen molar-refractivity contribution in [2.45, 2.75) is 25.8 Å². The summed E-state index contributed by atoms with van der Waals surface area (Å²) in [5.41, 5.74) is 1.56. The lowest BCUT2D eigenvalue weighted by Gasteiger charge is -2.03. The first-order chi connectivity index (χ1) is 9.72. The van der Waals surface area contributed by atoms with Crippen LogP contribution >= 0.6 is 0 Å². The fraction of sp³-hybridized carbons (Fsp3) is 0.500. The standard InChI is InChI=1S/C14H17N5O/c1-3-19-14(12-6-10(7-15)8-18(12)2)16-13(17-19)11-4-5-20-9-11/h6,8,11H,3-5,9H2,1-2H3/t11-/m1/s1. The molecule has 6 nitrogen and oxygen atoms in total. The van der Waals surface area contributed by atoms with Crippen LogP contribution in [0, 0.1) is 11.3 Å². The van der Waals surface area contributed by atoms with Gasteiger partial charge in [-0.15, -0.1) is 0 Å². The summed E-state index contributed by atoms with van der Waals surface area (Å²) in [7, 11) is 1.92. The highest BCUT2D eigenvalue weighted by Crippen LogP contribution is 2.26. The van der Waals surface area contributed by atoms with Gasteiger partial charge in [-0.3, -0.25) is 0 Å². The third-order valence-electron chi connectivity index (χ3n) is 3.65. The SMILES string of the molecule is CCn1nc([C@@H]2CCOC2)nc1-c1cc(C#N)cn1C. The van der Waals surface area contributed by atoms with Crippen molar-refractivity contribution in [1.82, 2.24) is 19.3 Å². The Hall–Kier alpha value is -2.13. The minimum atomic E-state index is 0.289. The van der Waals surface area contributed by atoms with Crippen LogP contribution in [0.5, 0.6) is 0 Å². The molecule has 3 rings (SSSR count). The van der Waals surface area contributed by atoms with Gasteiger partial charge >= 0.3 is 0 Å². The van der Waals surface area contributed by atoms with E-state index >= 15 is 0 Å². The first-order valence-corrected chi connectivity index (χ1v) is 6.82. The van der Waals surface area contributed by atoms with Crippen molar-refractivity contribution in [3.8, 4) is 17.6 Å². The van der Waals surface area contributed by atoms with Crippen LogP contribution in [-0.4, -0.2) is 32.5 Å². The van der Waals surface area contributed by atoms with Gasteiger partial charge in [-0.05, 0) is 19.4 Å². The summed E-state index contributed by atoms with van der Waals surface area (Å²) >= 11 is 0. The summed E-state index contributed by atoms with van der Waals surface area (Å²) in [6, 6.07) is 4.01. The Kier molecular flexibility index (Phi) is 3.28. The number of nitrogens with zero attached hydrogens (tertiary/aromatic N) is 5. The lowest BCUT2D eigenvalue weighted by atomic mass is 10.1. The van der Waals surface area contributed by atoms with Gasteiger partial charge in [0.25, 0.3) is 0 Å². The quantitative estimate of drug-likeness (QED) is 0.851. The Morgan fingerprint density at radius 2 is 2.40 bits per heavy atom. The lowest BCUT2D eigenvalue weighted by Crippen LogP contribution is -2.03. The van der Waals surface area contributed by atoms with Crippen LogP contribution in [0.2, 0.25) is 0 Å². The van der Waals surface area contributed by atoms with Crippen molar-refractivity contribution in [2.75, 3.05) is 13.2 Å². The maximum absolute atomic E-state index is 9.00. The summed E-state index contributed by atoms with van der Waals surface area (Å²) in [4.78, 5) is 4.68. The van der Waals surface area contributed by atoms with Crippen molar-refractivity contribution < 1.29 is 4.74 Å². The molecule has 20 heavy (non-hydrogen) atoms. The molecule has 1 fully saturated rings. The molecule has 2 aromatic rings. The summed E-state index contributed by atoms with van der Waals surface area (Å²) in [6.45, 7) is 4.28. The zero-order chi connectivity index (χ0) is 14.1. The van der Waals surface area contributed by atoms with Gasteiger partial charge in [-0.25, -0.2) is 9.67 Å². The topological polar surface area (TPSA) is 68.7 Å². The predicted octanol–water partition coefficient (Wildman–Crippen LogP) is 1.68. The second kappa shape index (κ2) is 5.10. The summed E-state index contributed by atoms with van der Waals surface area (Å²) in [6.07, 6.45) is 2.78. The smallest absolute Gasteiger partial charge is 0.175 e. The van der Waals surface area contributed by atoms with Crippen LogP contribution in [0.3, 0.4) is 0 Å². The van der Waals surface area contributed by atoms with Gasteiger partial charge in [-0.2, -0.15) is 10.4 Å². The minimum absolute atomic E-state index is 0.289. The second-order valence-corrected chi connectivity index (χ2v) is 5.01. The molecular formula is C14H17N5O. The van der Waals surface area contributed by atoms with E-state index in [1.165, 1.54) is 0 Å². The Morgan fingerprint density at radius 1 is 1.55 bits per heavy atom. The van der Waals surface area contributed by atoms with Gasteiger partial charge in [0.15, 0.2) is 11.6 Å². The van der Waals surface area contributed by atoms with Crippen LogP contribution in [0.1, 0.15) is 30.7 Å². The largest absolute Gasteiger partial charge is 0.381 e. The molecule has 0 bridgehead atoms. The van der Waals surface area contributed by atoms with Crippen molar-refractivity contribution in [2.24, 2.45) is 7.05 Å². The summed E-state index contributed by atoms with van der Waals surface area (Å²) < 4.78 is 9.22. The van der Waals surface area contributed by atoms with E-state index in [9.17, 15) is 0 Å². The zero-order valence-electron chi connectivity index (χ0n) is 11.7. The van der Waals surface area contributed by atoms with Crippen LogP contribution in [0.15, 0.2) is 12.3 Å². The molecular weight excluding hydrogens is 254 g/mol. The minimum Gasteiger partial charge on any atom is -0.381 e. The summed E-state index contributed by atoms with van der Waals surface area (Å²) in [5, 5.41) is 13.6. The maximum Gasteiger partial charge on any atom is 0.175 e. The molecule has 1 atom stereocenters. The summed E-state index contributed by atoms with van der Waals surface area (Å²) in [5.74, 6) is 1.95. The normalized spacial score (nSPS) is 18.4. The molecule has 6 heteroatoms. The molecule has 0 N–H and O–H groups in total. The highest BCUT2D eigenvalue weighted by molar-refractivity contribution is 5.55. The molecule has 0 saturated carbocycles. The molecule has 1 saturated heterocycles. The fourth-order valence-electron chi connectivity index (χ4n) is 2.53. The number of hydrogen-bond acceptors (Lipinski definition) is 4. The second-order valence-electron chi connectivity index (χ2n) is 5.01. The molecule has 2 aromatic heterocycles. The highest BCUT2D eigenvalue weighted by atomic mass is 16.5. The molecule has 0 aromatic carbocycles. The third kappa shape index (κ3) is 2.10. The monoisotopic (exact) mass is 271 g/mol. The van der Waals surface area contributed by atoms with E-state index in [1.54, 1.807) is 0 Å². The van der Waals surface area contributed by atoms with E-state index in [0.29, 0.717) is 12.2 Å². The van der Waals surface area contributed by atoms with Gasteiger partial charge in [0.05, 0.1) is 17.9 Å². The number of aryl methyl sites for hydroxylation is 2. The number of hydrogen-bond donors (Lipinski definition) is 0. The van der Waals surface area contributed by atoms with Crippen molar-refractivity contribution in [3.05, 3.63) is 23.7 Å². The molecule has 0 radical (unpaired) electrons. The van der Waals surface area contributed by atoms with Gasteiger partial charge < -0.3 is 9.30 Å². The maximum atomic E-state index is 9.00. The Labute approximate surface area is 117 Å². The fourth-order valence-corrected chi connectivity index (χ4v) is 2.53. The van der Waals surface area contributed by atoms with Gasteiger partial charge in [-0.1, -0.05) is 0 Å². The zero-order valence-corrected chi connectivity index (χ0v) is 11.7. The first kappa shape index (κ1) is 12.9. The van der Waals surface area contributed by atoms with E-state index in [2.05, 4.69) is 16.2 Å². The average molecular weight is 271 g/mol. The number of ether oxygens (including phenoxy) is 1. The first-order valence-electron chi connectivity index (χ1n) is 6.82. The van der Waals surface area contributed by atoms with Crippen LogP contribution in [0.4, 0.5) is 0 Å². The van der Waals surface area contributed by atoms with Crippen molar-refractivity contribution in [1.29, 1.82) is 5.26 Å². The number of nitriles is 1. The van der Waals surface area contributed by atoms with E-state index in [1.807, 2.05) is 35.5 Å². The predicted molar refractivity (Wildman–Crippen MR) is 73.0 cm³/mol. The Bertz CT molecular complexity index is 658. The molecule has 0 unspecified atom stereocenters. The third-order valence-corrected chi connectivity index (χ3v) is 3.65. The molecule has 1 aliphatic rings. The van der Waals surface area contributed by atoms with Gasteiger partial charge in [0.1, 0.15) is 6.07 Å². The molecule has 0 spiro atoms. The van der Waals surface area contributed by atoms with Crippen molar-refractivity contribution in [3.63, 3.8) is 0 Å².